The van der Waals surface area contributed by atoms with E-state index in [-0.39, 0.29) is 12.1 Å². The number of para-hydroxylation sites is 1. The normalized spacial score (nSPS) is 23.1. The summed E-state index contributed by atoms with van der Waals surface area (Å²) in [7, 11) is 0. The number of carbonyl (C=O) groups excluding carboxylic acids is 1. The summed E-state index contributed by atoms with van der Waals surface area (Å²) in [5.41, 5.74) is 3.21. The number of anilines is 1. The van der Waals surface area contributed by atoms with E-state index in [1.165, 1.54) is 19.3 Å². The Balaban J connectivity index is 1.65. The number of hydrogen-bond acceptors (Lipinski definition) is 2. The van der Waals surface area contributed by atoms with Gasteiger partial charge in [-0.2, -0.15) is 5.10 Å². The second-order valence-corrected chi connectivity index (χ2v) is 7.99. The molecule has 0 radical (unpaired) electrons. The monoisotopic (exact) mass is 352 g/mol. The molecule has 2 aromatic rings. The molecule has 2 heterocycles. The summed E-state index contributed by atoms with van der Waals surface area (Å²) in [5, 5.41) is 8.05. The van der Waals surface area contributed by atoms with E-state index in [2.05, 4.69) is 26.1 Å². The van der Waals surface area contributed by atoms with E-state index in [9.17, 15) is 4.79 Å². The Labute approximate surface area is 155 Å². The van der Waals surface area contributed by atoms with Gasteiger partial charge in [-0.1, -0.05) is 25.1 Å². The van der Waals surface area contributed by atoms with Crippen LogP contribution in [0.4, 0.5) is 10.6 Å². The first-order valence-corrected chi connectivity index (χ1v) is 9.77. The zero-order chi connectivity index (χ0) is 18.3. The molecule has 26 heavy (non-hydrogen) atoms. The minimum Gasteiger partial charge on any atom is -0.322 e. The number of likely N-dealkylation sites (tertiary alicyclic amines) is 1. The van der Waals surface area contributed by atoms with Crippen LogP contribution >= 0.6 is 0 Å². The molecule has 5 nitrogen and oxygen atoms in total. The van der Waals surface area contributed by atoms with Crippen molar-refractivity contribution in [3.63, 3.8) is 0 Å². The molecule has 1 saturated carbocycles. The largest absolute Gasteiger partial charge is 0.323 e. The molecule has 138 valence electrons. The number of hydrogen-bond donors (Lipinski definition) is 1. The van der Waals surface area contributed by atoms with Gasteiger partial charge in [-0.25, -0.2) is 9.48 Å². The molecule has 2 aliphatic rings. The number of nitrogens with one attached hydrogen (secondary N) is 1. The van der Waals surface area contributed by atoms with Gasteiger partial charge >= 0.3 is 6.03 Å². The van der Waals surface area contributed by atoms with Crippen LogP contribution in [0.25, 0.3) is 5.69 Å². The Morgan fingerprint density at radius 3 is 2.54 bits per heavy atom. The van der Waals surface area contributed by atoms with E-state index in [4.69, 9.17) is 5.10 Å². The van der Waals surface area contributed by atoms with Crippen molar-refractivity contribution in [2.24, 2.45) is 5.92 Å². The fraction of sp³-hybridized carbons (Fsp3) is 0.524. The fourth-order valence-electron chi connectivity index (χ4n) is 3.90. The Morgan fingerprint density at radius 1 is 1.12 bits per heavy atom. The molecular formula is C21H28N4O. The lowest BCUT2D eigenvalue weighted by atomic mass is 9.95. The maximum Gasteiger partial charge on any atom is 0.323 e. The average Bonchev–Trinajstić information content (AvgIpc) is 3.43. The lowest BCUT2D eigenvalue weighted by molar-refractivity contribution is 0.147. The summed E-state index contributed by atoms with van der Waals surface area (Å²) in [6.45, 7) is 7.26. The van der Waals surface area contributed by atoms with Crippen LogP contribution in [0.15, 0.2) is 30.3 Å². The van der Waals surface area contributed by atoms with Crippen molar-refractivity contribution >= 4 is 11.8 Å². The SMILES string of the molecule is Cc1c(C2CC2)nn(-c2ccccc2)c1NC(=O)N1C[C@H](C)CC[C@H]1C. The molecule has 1 aromatic heterocycles. The van der Waals surface area contributed by atoms with Gasteiger partial charge in [0.15, 0.2) is 0 Å². The molecule has 1 N–H and O–H groups in total. The number of rotatable bonds is 3. The van der Waals surface area contributed by atoms with Crippen LogP contribution in [0.1, 0.15) is 56.7 Å². The quantitative estimate of drug-likeness (QED) is 0.869. The van der Waals surface area contributed by atoms with Crippen LogP contribution < -0.4 is 5.32 Å². The van der Waals surface area contributed by atoms with Gasteiger partial charge in [-0.3, -0.25) is 5.32 Å². The maximum absolute atomic E-state index is 13.0. The van der Waals surface area contributed by atoms with Gasteiger partial charge in [0.25, 0.3) is 0 Å². The van der Waals surface area contributed by atoms with E-state index in [0.717, 1.165) is 35.7 Å². The highest BCUT2D eigenvalue weighted by Gasteiger charge is 2.32. The molecule has 0 unspecified atom stereocenters. The van der Waals surface area contributed by atoms with E-state index in [0.29, 0.717) is 11.8 Å². The third-order valence-electron chi connectivity index (χ3n) is 5.73. The van der Waals surface area contributed by atoms with Crippen molar-refractivity contribution in [1.82, 2.24) is 14.7 Å². The molecular weight excluding hydrogens is 324 g/mol. The minimum absolute atomic E-state index is 0.00780. The molecule has 0 bridgehead atoms. The highest BCUT2D eigenvalue weighted by molar-refractivity contribution is 5.90. The Hall–Kier alpha value is -2.30. The fourth-order valence-corrected chi connectivity index (χ4v) is 3.90. The van der Waals surface area contributed by atoms with Gasteiger partial charge in [0, 0.05) is 24.1 Å². The van der Waals surface area contributed by atoms with Crippen LogP contribution in [0.5, 0.6) is 0 Å². The molecule has 4 rings (SSSR count). The zero-order valence-electron chi connectivity index (χ0n) is 15.9. The molecule has 2 fully saturated rings. The van der Waals surface area contributed by atoms with Crippen LogP contribution in [0, 0.1) is 12.8 Å². The summed E-state index contributed by atoms with van der Waals surface area (Å²) in [6.07, 6.45) is 4.65. The van der Waals surface area contributed by atoms with Gasteiger partial charge in [0.05, 0.1) is 11.4 Å². The molecule has 2 amide bonds. The minimum atomic E-state index is -0.00780. The van der Waals surface area contributed by atoms with Crippen molar-refractivity contribution < 1.29 is 4.79 Å². The molecule has 1 saturated heterocycles. The standard InChI is InChI=1S/C21H28N4O/c1-14-9-10-15(2)24(13-14)21(26)22-20-16(3)19(17-11-12-17)23-25(20)18-7-5-4-6-8-18/h4-8,14-15,17H,9-13H2,1-3H3,(H,22,26)/t14-,15-/m1/s1. The van der Waals surface area contributed by atoms with Gasteiger partial charge in [-0.05, 0) is 57.6 Å². The molecule has 2 atom stereocenters. The second-order valence-electron chi connectivity index (χ2n) is 7.99. The van der Waals surface area contributed by atoms with Gasteiger partial charge in [-0.15, -0.1) is 0 Å². The zero-order valence-corrected chi connectivity index (χ0v) is 15.9. The number of piperidine rings is 1. The predicted molar refractivity (Wildman–Crippen MR) is 104 cm³/mol. The number of amides is 2. The van der Waals surface area contributed by atoms with Crippen LogP contribution in [0.2, 0.25) is 0 Å². The van der Waals surface area contributed by atoms with Crippen molar-refractivity contribution in [3.8, 4) is 5.69 Å². The highest BCUT2D eigenvalue weighted by Crippen LogP contribution is 2.43. The van der Waals surface area contributed by atoms with Crippen molar-refractivity contribution in [3.05, 3.63) is 41.6 Å². The number of nitrogens with zero attached hydrogens (tertiary/aromatic N) is 3. The predicted octanol–water partition coefficient (Wildman–Crippen LogP) is 4.71. The van der Waals surface area contributed by atoms with Crippen molar-refractivity contribution in [2.45, 2.75) is 58.4 Å². The molecule has 1 aliphatic carbocycles. The molecule has 5 heteroatoms. The summed E-state index contributed by atoms with van der Waals surface area (Å²) < 4.78 is 1.90. The average molecular weight is 352 g/mol. The van der Waals surface area contributed by atoms with Crippen LogP contribution in [-0.4, -0.2) is 33.3 Å². The summed E-state index contributed by atoms with van der Waals surface area (Å²) >= 11 is 0. The topological polar surface area (TPSA) is 50.2 Å². The van der Waals surface area contributed by atoms with Crippen molar-refractivity contribution in [1.29, 1.82) is 0 Å². The van der Waals surface area contributed by atoms with Crippen molar-refractivity contribution in [2.75, 3.05) is 11.9 Å². The smallest absolute Gasteiger partial charge is 0.322 e. The highest BCUT2D eigenvalue weighted by atomic mass is 16.2. The maximum atomic E-state index is 13.0. The van der Waals surface area contributed by atoms with E-state index < -0.39 is 0 Å². The van der Waals surface area contributed by atoms with Gasteiger partial charge in [0.2, 0.25) is 0 Å². The first kappa shape index (κ1) is 17.1. The Morgan fingerprint density at radius 2 is 1.85 bits per heavy atom. The number of benzene rings is 1. The Kier molecular flexibility index (Phi) is 4.47. The third kappa shape index (κ3) is 3.22. The van der Waals surface area contributed by atoms with E-state index in [1.54, 1.807) is 0 Å². The Bertz CT molecular complexity index is 794. The first-order chi connectivity index (χ1) is 12.5. The second kappa shape index (κ2) is 6.78. The summed E-state index contributed by atoms with van der Waals surface area (Å²) in [5.74, 6) is 1.91. The lowest BCUT2D eigenvalue weighted by Gasteiger charge is -2.36. The first-order valence-electron chi connectivity index (χ1n) is 9.77. The van der Waals surface area contributed by atoms with Crippen LogP contribution in [-0.2, 0) is 0 Å². The number of urea groups is 1. The van der Waals surface area contributed by atoms with Gasteiger partial charge in [0.1, 0.15) is 5.82 Å². The molecule has 0 spiro atoms. The lowest BCUT2D eigenvalue weighted by Crippen LogP contribution is -2.47. The van der Waals surface area contributed by atoms with Gasteiger partial charge < -0.3 is 4.90 Å². The third-order valence-corrected chi connectivity index (χ3v) is 5.73. The molecule has 1 aromatic carbocycles. The number of aromatic nitrogens is 2. The van der Waals surface area contributed by atoms with E-state index in [1.807, 2.05) is 39.9 Å². The summed E-state index contributed by atoms with van der Waals surface area (Å²) in [6, 6.07) is 10.3. The molecule has 1 aliphatic heterocycles. The van der Waals surface area contributed by atoms with E-state index >= 15 is 0 Å². The van der Waals surface area contributed by atoms with Crippen LogP contribution in [0.3, 0.4) is 0 Å². The summed E-state index contributed by atoms with van der Waals surface area (Å²) in [4.78, 5) is 15.0. The number of carbonyl (C=O) groups is 1.